The molecule has 1 aliphatic heterocycles. The SMILES string of the molecule is CCN1CCCC(CO)(C2(O)CCCC2)C1. The van der Waals surface area contributed by atoms with Crippen LogP contribution in [0.1, 0.15) is 45.4 Å². The summed E-state index contributed by atoms with van der Waals surface area (Å²) in [6.45, 7) is 5.31. The molecule has 0 aromatic heterocycles. The molecule has 1 atom stereocenters. The van der Waals surface area contributed by atoms with E-state index in [0.29, 0.717) is 0 Å². The molecule has 1 unspecified atom stereocenters. The standard InChI is InChI=1S/C13H25NO2/c1-2-14-9-5-6-12(10-14,11-15)13(16)7-3-4-8-13/h15-16H,2-11H2,1H3. The number of likely N-dealkylation sites (tertiary alicyclic amines) is 1. The van der Waals surface area contributed by atoms with E-state index in [0.717, 1.165) is 58.2 Å². The smallest absolute Gasteiger partial charge is 0.0738 e. The number of rotatable bonds is 3. The van der Waals surface area contributed by atoms with Gasteiger partial charge in [-0.05, 0) is 38.8 Å². The zero-order chi connectivity index (χ0) is 11.6. The molecule has 2 aliphatic rings. The largest absolute Gasteiger partial charge is 0.396 e. The van der Waals surface area contributed by atoms with Gasteiger partial charge >= 0.3 is 0 Å². The summed E-state index contributed by atoms with van der Waals surface area (Å²) in [5.41, 5.74) is -0.854. The fourth-order valence-electron chi connectivity index (χ4n) is 3.64. The minimum Gasteiger partial charge on any atom is -0.396 e. The Labute approximate surface area is 98.5 Å². The Morgan fingerprint density at radius 1 is 1.12 bits per heavy atom. The first-order valence-electron chi connectivity index (χ1n) is 6.71. The molecule has 3 nitrogen and oxygen atoms in total. The maximum absolute atomic E-state index is 10.8. The second-order valence-electron chi connectivity index (χ2n) is 5.65. The summed E-state index contributed by atoms with van der Waals surface area (Å²) in [6, 6.07) is 0. The van der Waals surface area contributed by atoms with Crippen molar-refractivity contribution in [2.24, 2.45) is 5.41 Å². The summed E-state index contributed by atoms with van der Waals surface area (Å²) in [4.78, 5) is 2.37. The number of aliphatic hydroxyl groups is 2. The van der Waals surface area contributed by atoms with Gasteiger partial charge in [-0.15, -0.1) is 0 Å². The lowest BCUT2D eigenvalue weighted by molar-refractivity contribution is -0.135. The Morgan fingerprint density at radius 3 is 2.38 bits per heavy atom. The number of piperidine rings is 1. The molecule has 0 spiro atoms. The van der Waals surface area contributed by atoms with Crippen molar-refractivity contribution in [3.05, 3.63) is 0 Å². The zero-order valence-corrected chi connectivity index (χ0v) is 10.4. The Morgan fingerprint density at radius 2 is 1.81 bits per heavy atom. The monoisotopic (exact) mass is 227 g/mol. The minimum absolute atomic E-state index is 0.139. The van der Waals surface area contributed by atoms with Crippen LogP contribution in [-0.4, -0.2) is 47.0 Å². The Hall–Kier alpha value is -0.120. The molecule has 0 amide bonds. The van der Waals surface area contributed by atoms with Crippen molar-refractivity contribution in [2.75, 3.05) is 26.2 Å². The van der Waals surface area contributed by atoms with Crippen LogP contribution in [0.2, 0.25) is 0 Å². The van der Waals surface area contributed by atoms with Gasteiger partial charge in [0.15, 0.2) is 0 Å². The average Bonchev–Trinajstić information content (AvgIpc) is 2.77. The molecule has 0 aromatic rings. The van der Waals surface area contributed by atoms with E-state index in [1.165, 1.54) is 0 Å². The van der Waals surface area contributed by atoms with Crippen molar-refractivity contribution in [3.63, 3.8) is 0 Å². The fraction of sp³-hybridized carbons (Fsp3) is 1.00. The van der Waals surface area contributed by atoms with E-state index in [2.05, 4.69) is 11.8 Å². The second kappa shape index (κ2) is 4.63. The van der Waals surface area contributed by atoms with Crippen LogP contribution in [0.5, 0.6) is 0 Å². The molecule has 94 valence electrons. The first kappa shape index (κ1) is 12.3. The van der Waals surface area contributed by atoms with Gasteiger partial charge in [0.05, 0.1) is 12.2 Å². The highest BCUT2D eigenvalue weighted by Crippen LogP contribution is 2.48. The summed E-state index contributed by atoms with van der Waals surface area (Å²) < 4.78 is 0. The third kappa shape index (κ3) is 1.89. The van der Waals surface area contributed by atoms with Gasteiger partial charge in [0.1, 0.15) is 0 Å². The maximum atomic E-state index is 10.8. The van der Waals surface area contributed by atoms with Crippen molar-refractivity contribution < 1.29 is 10.2 Å². The van der Waals surface area contributed by atoms with Gasteiger partial charge in [0, 0.05) is 12.0 Å². The average molecular weight is 227 g/mol. The van der Waals surface area contributed by atoms with E-state index >= 15 is 0 Å². The molecule has 1 aliphatic carbocycles. The summed E-state index contributed by atoms with van der Waals surface area (Å²) in [7, 11) is 0. The Bertz CT molecular complexity index is 238. The van der Waals surface area contributed by atoms with E-state index in [-0.39, 0.29) is 12.0 Å². The van der Waals surface area contributed by atoms with Crippen molar-refractivity contribution in [1.29, 1.82) is 0 Å². The number of nitrogens with zero attached hydrogens (tertiary/aromatic N) is 1. The van der Waals surface area contributed by atoms with Crippen LogP contribution in [0.25, 0.3) is 0 Å². The predicted octanol–water partition coefficient (Wildman–Crippen LogP) is 1.39. The number of hydrogen-bond acceptors (Lipinski definition) is 3. The molecule has 2 fully saturated rings. The van der Waals surface area contributed by atoms with Crippen LogP contribution >= 0.6 is 0 Å². The van der Waals surface area contributed by atoms with Crippen LogP contribution in [-0.2, 0) is 0 Å². The van der Waals surface area contributed by atoms with Crippen LogP contribution in [0.3, 0.4) is 0 Å². The molecule has 1 saturated heterocycles. The normalized spacial score (nSPS) is 35.4. The maximum Gasteiger partial charge on any atom is 0.0738 e. The lowest BCUT2D eigenvalue weighted by Crippen LogP contribution is -2.57. The lowest BCUT2D eigenvalue weighted by Gasteiger charge is -2.50. The van der Waals surface area contributed by atoms with Crippen molar-refractivity contribution >= 4 is 0 Å². The summed E-state index contributed by atoms with van der Waals surface area (Å²) in [6.07, 6.45) is 6.08. The molecule has 1 heterocycles. The number of hydrogen-bond donors (Lipinski definition) is 2. The van der Waals surface area contributed by atoms with Crippen LogP contribution < -0.4 is 0 Å². The first-order valence-corrected chi connectivity index (χ1v) is 6.71. The van der Waals surface area contributed by atoms with Gasteiger partial charge in [0.25, 0.3) is 0 Å². The van der Waals surface area contributed by atoms with Crippen molar-refractivity contribution in [3.8, 4) is 0 Å². The van der Waals surface area contributed by atoms with E-state index in [1.807, 2.05) is 0 Å². The summed E-state index contributed by atoms with van der Waals surface area (Å²) in [5.74, 6) is 0. The van der Waals surface area contributed by atoms with Gasteiger partial charge in [-0.3, -0.25) is 0 Å². The van der Waals surface area contributed by atoms with Crippen LogP contribution in [0, 0.1) is 5.41 Å². The molecule has 2 rings (SSSR count). The number of aliphatic hydroxyl groups excluding tert-OH is 1. The fourth-order valence-corrected chi connectivity index (χ4v) is 3.64. The van der Waals surface area contributed by atoms with E-state index in [1.54, 1.807) is 0 Å². The lowest BCUT2D eigenvalue weighted by atomic mass is 9.66. The Kier molecular flexibility index (Phi) is 3.57. The third-order valence-corrected chi connectivity index (χ3v) is 4.82. The molecular formula is C13H25NO2. The van der Waals surface area contributed by atoms with E-state index < -0.39 is 5.60 Å². The molecule has 3 heteroatoms. The van der Waals surface area contributed by atoms with Crippen molar-refractivity contribution in [2.45, 2.75) is 51.0 Å². The second-order valence-corrected chi connectivity index (χ2v) is 5.65. The van der Waals surface area contributed by atoms with Gasteiger partial charge < -0.3 is 15.1 Å². The molecule has 0 aromatic carbocycles. The van der Waals surface area contributed by atoms with Crippen molar-refractivity contribution in [1.82, 2.24) is 4.90 Å². The molecular weight excluding hydrogens is 202 g/mol. The van der Waals surface area contributed by atoms with Gasteiger partial charge in [-0.25, -0.2) is 0 Å². The first-order chi connectivity index (χ1) is 7.66. The Balaban J connectivity index is 2.17. The molecule has 2 N–H and O–H groups in total. The molecule has 0 bridgehead atoms. The van der Waals surface area contributed by atoms with Crippen LogP contribution in [0.4, 0.5) is 0 Å². The van der Waals surface area contributed by atoms with Crippen LogP contribution in [0.15, 0.2) is 0 Å². The van der Waals surface area contributed by atoms with E-state index in [4.69, 9.17) is 0 Å². The minimum atomic E-state index is -0.602. The third-order valence-electron chi connectivity index (χ3n) is 4.82. The molecule has 16 heavy (non-hydrogen) atoms. The topological polar surface area (TPSA) is 43.7 Å². The molecule has 0 radical (unpaired) electrons. The molecule has 1 saturated carbocycles. The summed E-state index contributed by atoms with van der Waals surface area (Å²) >= 11 is 0. The van der Waals surface area contributed by atoms with Gasteiger partial charge in [-0.2, -0.15) is 0 Å². The quantitative estimate of drug-likeness (QED) is 0.765. The highest BCUT2D eigenvalue weighted by molar-refractivity contribution is 5.04. The highest BCUT2D eigenvalue weighted by atomic mass is 16.3. The predicted molar refractivity (Wildman–Crippen MR) is 64.3 cm³/mol. The zero-order valence-electron chi connectivity index (χ0n) is 10.4. The van der Waals surface area contributed by atoms with Gasteiger partial charge in [-0.1, -0.05) is 19.8 Å². The highest BCUT2D eigenvalue weighted by Gasteiger charge is 2.52. The van der Waals surface area contributed by atoms with Gasteiger partial charge in [0.2, 0.25) is 0 Å². The van der Waals surface area contributed by atoms with E-state index in [9.17, 15) is 10.2 Å². The summed E-state index contributed by atoms with van der Waals surface area (Å²) in [5, 5.41) is 20.6.